The lowest BCUT2D eigenvalue weighted by Crippen LogP contribution is -2.47. The highest BCUT2D eigenvalue weighted by Gasteiger charge is 2.33. The molecule has 2 aliphatic rings. The maximum Gasteiger partial charge on any atom is 0.226 e. The summed E-state index contributed by atoms with van der Waals surface area (Å²) in [6, 6.07) is 6.18. The maximum atomic E-state index is 12.7. The fourth-order valence-electron chi connectivity index (χ4n) is 3.76. The van der Waals surface area contributed by atoms with Crippen molar-refractivity contribution in [3.8, 4) is 5.75 Å². The molecule has 0 saturated carbocycles. The van der Waals surface area contributed by atoms with Gasteiger partial charge in [0.05, 0.1) is 0 Å². The van der Waals surface area contributed by atoms with Gasteiger partial charge in [0.15, 0.2) is 0 Å². The first-order chi connectivity index (χ1) is 12.0. The van der Waals surface area contributed by atoms with Crippen molar-refractivity contribution in [3.05, 3.63) is 29.3 Å². The van der Waals surface area contributed by atoms with Gasteiger partial charge in [-0.05, 0) is 31.4 Å². The number of para-hydroxylation sites is 1. The largest absolute Gasteiger partial charge is 0.490 e. The average molecular weight is 344 g/mol. The minimum absolute atomic E-state index is 0.0813. The molecule has 2 aliphatic heterocycles. The van der Waals surface area contributed by atoms with Crippen molar-refractivity contribution in [1.82, 2.24) is 9.80 Å². The standard InChI is InChI=1S/C20H28N2O3/c1-14-5-4-6-15(2)19(14)25-17-8-11-22(12-9-17)20(24)16-7-10-21(3)18(23)13-16/h4-6,16-17H,7-13H2,1-3H3/t16-/m0/s1. The molecule has 0 spiro atoms. The highest BCUT2D eigenvalue weighted by atomic mass is 16.5. The second-order valence-electron chi connectivity index (χ2n) is 7.37. The summed E-state index contributed by atoms with van der Waals surface area (Å²) >= 11 is 0. The van der Waals surface area contributed by atoms with E-state index < -0.39 is 0 Å². The second-order valence-corrected chi connectivity index (χ2v) is 7.37. The van der Waals surface area contributed by atoms with Crippen LogP contribution in [0.25, 0.3) is 0 Å². The number of aryl methyl sites for hydroxylation is 2. The minimum atomic E-state index is -0.139. The average Bonchev–Trinajstić information content (AvgIpc) is 2.61. The number of benzene rings is 1. The van der Waals surface area contributed by atoms with Gasteiger partial charge in [-0.25, -0.2) is 0 Å². The van der Waals surface area contributed by atoms with Gasteiger partial charge in [0.25, 0.3) is 0 Å². The smallest absolute Gasteiger partial charge is 0.226 e. The molecule has 0 radical (unpaired) electrons. The molecule has 25 heavy (non-hydrogen) atoms. The molecule has 1 aromatic rings. The second kappa shape index (κ2) is 7.46. The zero-order valence-corrected chi connectivity index (χ0v) is 15.5. The molecule has 2 fully saturated rings. The molecule has 0 aromatic heterocycles. The Morgan fingerprint density at radius 3 is 2.32 bits per heavy atom. The molecule has 1 aromatic carbocycles. The first-order valence-electron chi connectivity index (χ1n) is 9.21. The van der Waals surface area contributed by atoms with Gasteiger partial charge in [-0.1, -0.05) is 18.2 Å². The van der Waals surface area contributed by atoms with Crippen molar-refractivity contribution < 1.29 is 14.3 Å². The van der Waals surface area contributed by atoms with E-state index in [0.717, 1.165) is 49.2 Å². The summed E-state index contributed by atoms with van der Waals surface area (Å²) in [6.45, 7) is 6.25. The third-order valence-corrected chi connectivity index (χ3v) is 5.46. The Labute approximate surface area is 149 Å². The zero-order valence-electron chi connectivity index (χ0n) is 15.5. The van der Waals surface area contributed by atoms with Crippen LogP contribution in [-0.2, 0) is 9.59 Å². The highest BCUT2D eigenvalue weighted by molar-refractivity contribution is 5.86. The zero-order chi connectivity index (χ0) is 18.0. The number of rotatable bonds is 3. The van der Waals surface area contributed by atoms with Gasteiger partial charge in [0.1, 0.15) is 11.9 Å². The molecule has 1 atom stereocenters. The van der Waals surface area contributed by atoms with E-state index in [9.17, 15) is 9.59 Å². The molecule has 2 saturated heterocycles. The van der Waals surface area contributed by atoms with E-state index in [0.29, 0.717) is 13.0 Å². The number of piperidine rings is 2. The van der Waals surface area contributed by atoms with Gasteiger partial charge in [0, 0.05) is 51.9 Å². The van der Waals surface area contributed by atoms with Gasteiger partial charge in [0.2, 0.25) is 11.8 Å². The Hall–Kier alpha value is -2.04. The molecule has 136 valence electrons. The number of amides is 2. The number of carbonyl (C=O) groups is 2. The van der Waals surface area contributed by atoms with Crippen LogP contribution in [0.3, 0.4) is 0 Å². The van der Waals surface area contributed by atoms with Gasteiger partial charge in [-0.15, -0.1) is 0 Å². The van der Waals surface area contributed by atoms with E-state index in [2.05, 4.69) is 26.0 Å². The van der Waals surface area contributed by atoms with Gasteiger partial charge in [-0.2, -0.15) is 0 Å². The van der Waals surface area contributed by atoms with Crippen molar-refractivity contribution in [1.29, 1.82) is 0 Å². The van der Waals surface area contributed by atoms with Crippen molar-refractivity contribution in [2.45, 2.75) is 45.6 Å². The SMILES string of the molecule is Cc1cccc(C)c1OC1CCN(C(=O)[C@H]2CCN(C)C(=O)C2)CC1. The molecule has 0 unspecified atom stereocenters. The molecule has 0 bridgehead atoms. The molecule has 2 amide bonds. The number of carbonyl (C=O) groups excluding carboxylic acids is 2. The van der Waals surface area contributed by atoms with E-state index in [1.165, 1.54) is 0 Å². The molecule has 0 N–H and O–H groups in total. The predicted molar refractivity (Wildman–Crippen MR) is 96.5 cm³/mol. The normalized spacial score (nSPS) is 22.2. The van der Waals surface area contributed by atoms with E-state index in [-0.39, 0.29) is 23.8 Å². The van der Waals surface area contributed by atoms with Crippen LogP contribution in [0, 0.1) is 19.8 Å². The van der Waals surface area contributed by atoms with Crippen molar-refractivity contribution in [3.63, 3.8) is 0 Å². The molecule has 2 heterocycles. The Bertz CT molecular complexity index is 630. The van der Waals surface area contributed by atoms with Gasteiger partial charge >= 0.3 is 0 Å². The van der Waals surface area contributed by atoms with Crippen LogP contribution in [0.1, 0.15) is 36.8 Å². The monoisotopic (exact) mass is 344 g/mol. The number of ether oxygens (including phenoxy) is 1. The number of nitrogens with zero attached hydrogens (tertiary/aromatic N) is 2. The van der Waals surface area contributed by atoms with Crippen LogP contribution in [0.15, 0.2) is 18.2 Å². The van der Waals surface area contributed by atoms with Crippen molar-refractivity contribution in [2.24, 2.45) is 5.92 Å². The van der Waals surface area contributed by atoms with Crippen LogP contribution in [0.2, 0.25) is 0 Å². The van der Waals surface area contributed by atoms with Crippen molar-refractivity contribution in [2.75, 3.05) is 26.7 Å². The quantitative estimate of drug-likeness (QED) is 0.847. The lowest BCUT2D eigenvalue weighted by molar-refractivity contribution is -0.145. The predicted octanol–water partition coefficient (Wildman–Crippen LogP) is 2.54. The van der Waals surface area contributed by atoms with Crippen molar-refractivity contribution >= 4 is 11.8 Å². The van der Waals surface area contributed by atoms with Crippen LogP contribution < -0.4 is 4.74 Å². The maximum absolute atomic E-state index is 12.7. The summed E-state index contributed by atoms with van der Waals surface area (Å²) in [5.41, 5.74) is 2.31. The van der Waals surface area contributed by atoms with Crippen LogP contribution in [-0.4, -0.2) is 54.4 Å². The van der Waals surface area contributed by atoms with Crippen LogP contribution in [0.4, 0.5) is 0 Å². The summed E-state index contributed by atoms with van der Waals surface area (Å²) in [7, 11) is 1.80. The molecule has 0 aliphatic carbocycles. The number of hydrogen-bond donors (Lipinski definition) is 0. The summed E-state index contributed by atoms with van der Waals surface area (Å²) in [5, 5.41) is 0. The highest BCUT2D eigenvalue weighted by Crippen LogP contribution is 2.27. The number of hydrogen-bond acceptors (Lipinski definition) is 3. The lowest BCUT2D eigenvalue weighted by atomic mass is 9.94. The minimum Gasteiger partial charge on any atom is -0.490 e. The summed E-state index contributed by atoms with van der Waals surface area (Å²) in [6.07, 6.45) is 2.98. The van der Waals surface area contributed by atoms with Gasteiger partial charge < -0.3 is 14.5 Å². The third-order valence-electron chi connectivity index (χ3n) is 5.46. The molecular formula is C20H28N2O3. The fraction of sp³-hybridized carbons (Fsp3) is 0.600. The molecule has 3 rings (SSSR count). The summed E-state index contributed by atoms with van der Waals surface area (Å²) in [5.74, 6) is 1.07. The van der Waals surface area contributed by atoms with Gasteiger partial charge in [-0.3, -0.25) is 9.59 Å². The first-order valence-corrected chi connectivity index (χ1v) is 9.21. The van der Waals surface area contributed by atoms with E-state index in [1.54, 1.807) is 11.9 Å². The lowest BCUT2D eigenvalue weighted by Gasteiger charge is -2.36. The first kappa shape index (κ1) is 17.8. The Kier molecular flexibility index (Phi) is 5.30. The van der Waals surface area contributed by atoms with E-state index in [1.807, 2.05) is 11.0 Å². The molecule has 5 nitrogen and oxygen atoms in total. The third kappa shape index (κ3) is 3.97. The Balaban J connectivity index is 1.53. The topological polar surface area (TPSA) is 49.9 Å². The summed E-state index contributed by atoms with van der Waals surface area (Å²) in [4.78, 5) is 28.2. The molecule has 5 heteroatoms. The van der Waals surface area contributed by atoms with Crippen LogP contribution in [0.5, 0.6) is 5.75 Å². The van der Waals surface area contributed by atoms with E-state index in [4.69, 9.17) is 4.74 Å². The Morgan fingerprint density at radius 2 is 1.72 bits per heavy atom. The van der Waals surface area contributed by atoms with E-state index >= 15 is 0 Å². The summed E-state index contributed by atoms with van der Waals surface area (Å²) < 4.78 is 6.22. The number of likely N-dealkylation sites (tertiary alicyclic amines) is 2. The Morgan fingerprint density at radius 1 is 1.08 bits per heavy atom. The van der Waals surface area contributed by atoms with Crippen LogP contribution >= 0.6 is 0 Å². The fourth-order valence-corrected chi connectivity index (χ4v) is 3.76. The molecular weight excluding hydrogens is 316 g/mol.